The fraction of sp³-hybridized carbons (Fsp3) is 0.357. The van der Waals surface area contributed by atoms with Crippen LogP contribution in [0.25, 0.3) is 22.3 Å². The van der Waals surface area contributed by atoms with Crippen molar-refractivity contribution in [3.05, 3.63) is 94.7 Å². The number of rotatable bonds is 0. The molecular weight excluding hydrogens is 582 g/mol. The van der Waals surface area contributed by atoms with E-state index >= 15 is 0 Å². The summed E-state index contributed by atoms with van der Waals surface area (Å²) in [5.41, 5.74) is 10.1. The monoisotopic (exact) mass is 619 g/mol. The van der Waals surface area contributed by atoms with Crippen molar-refractivity contribution in [2.45, 2.75) is 41.5 Å². The second-order valence-electron chi connectivity index (χ2n) is 10.3. The minimum atomic E-state index is -0.363. The molecule has 0 fully saturated rings. The van der Waals surface area contributed by atoms with Gasteiger partial charge in [0.15, 0.2) is 16.8 Å². The lowest BCUT2D eigenvalue weighted by Crippen LogP contribution is -2.31. The Morgan fingerprint density at radius 3 is 1.87 bits per heavy atom. The fourth-order valence-corrected chi connectivity index (χ4v) is 3.94. The van der Waals surface area contributed by atoms with Gasteiger partial charge in [-0.1, -0.05) is 0 Å². The van der Waals surface area contributed by atoms with Gasteiger partial charge in [-0.2, -0.15) is 4.98 Å². The highest BCUT2D eigenvalue weighted by Crippen LogP contribution is 2.11. The normalized spacial score (nSPS) is 10.4. The molecule has 0 saturated heterocycles. The zero-order valence-electron chi connectivity index (χ0n) is 26.9. The molecule has 45 heavy (non-hydrogen) atoms. The molecule has 0 unspecified atom stereocenters. The molecule has 6 aromatic rings. The number of fused-ring (bicyclic) bond motifs is 2. The van der Waals surface area contributed by atoms with Crippen molar-refractivity contribution >= 4 is 28.1 Å². The summed E-state index contributed by atoms with van der Waals surface area (Å²) in [5.74, 6) is 1.71. The number of anilines is 1. The zero-order chi connectivity index (χ0) is 33.7. The van der Waals surface area contributed by atoms with Gasteiger partial charge in [0.25, 0.3) is 11.1 Å². The lowest BCUT2D eigenvalue weighted by molar-refractivity contribution is 0.753. The third kappa shape index (κ3) is 7.81. The Morgan fingerprint density at radius 2 is 1.27 bits per heavy atom. The lowest BCUT2D eigenvalue weighted by atomic mass is 10.3. The predicted octanol–water partition coefficient (Wildman–Crippen LogP) is 0.307. The number of aromatic amines is 2. The molecule has 0 radical (unpaired) electrons. The van der Waals surface area contributed by atoms with Gasteiger partial charge in [-0.15, -0.1) is 0 Å². The van der Waals surface area contributed by atoms with Gasteiger partial charge in [0.2, 0.25) is 0 Å². The molecule has 0 atom stereocenters. The molecule has 0 bridgehead atoms. The fourth-order valence-electron chi connectivity index (χ4n) is 3.94. The first-order valence-electron chi connectivity index (χ1n) is 13.6. The molecule has 6 rings (SSSR count). The highest BCUT2D eigenvalue weighted by atomic mass is 16.2. The number of nitrogens with two attached hydrogens (primary N) is 1. The van der Waals surface area contributed by atoms with E-state index in [1.807, 2.05) is 32.4 Å². The third-order valence-electron chi connectivity index (χ3n) is 6.76. The van der Waals surface area contributed by atoms with E-state index in [0.29, 0.717) is 34.1 Å². The van der Waals surface area contributed by atoms with E-state index in [4.69, 9.17) is 5.73 Å². The van der Waals surface area contributed by atoms with Crippen LogP contribution in [0.5, 0.6) is 0 Å². The Bertz CT molecular complexity index is 2200. The summed E-state index contributed by atoms with van der Waals surface area (Å²) >= 11 is 0. The van der Waals surface area contributed by atoms with Crippen molar-refractivity contribution in [2.24, 2.45) is 28.2 Å². The van der Waals surface area contributed by atoms with Gasteiger partial charge in [0, 0.05) is 51.2 Å². The van der Waals surface area contributed by atoms with Crippen molar-refractivity contribution in [3.8, 4) is 0 Å². The highest BCUT2D eigenvalue weighted by Gasteiger charge is 2.06. The van der Waals surface area contributed by atoms with Crippen molar-refractivity contribution in [2.75, 3.05) is 5.73 Å². The van der Waals surface area contributed by atoms with Gasteiger partial charge in [-0.25, -0.2) is 34.5 Å². The maximum Gasteiger partial charge on any atom is 0.349 e. The average molecular weight is 620 g/mol. The maximum atomic E-state index is 11.2. The summed E-state index contributed by atoms with van der Waals surface area (Å²) in [4.78, 5) is 73.0. The molecule has 4 N–H and O–H groups in total. The molecule has 0 aliphatic heterocycles. The summed E-state index contributed by atoms with van der Waals surface area (Å²) in [5, 5.41) is 0. The number of hydrogen-bond acceptors (Lipinski definition) is 11. The first-order chi connectivity index (χ1) is 21.0. The number of nitrogens with zero attached hydrogens (tertiary/aromatic N) is 10. The van der Waals surface area contributed by atoms with E-state index in [2.05, 4.69) is 39.9 Å². The SMILES string of the molecule is Cc1c(C)n(C)c(=O)[nH]c1=O.Cc1cn(C)c(=O)nc1N.Cc1nc(C)c2ncn(C)c2n1.Cc1nc2c(ncn2C)c(=O)[nH]1. The van der Waals surface area contributed by atoms with Crippen molar-refractivity contribution in [3.63, 3.8) is 0 Å². The number of hydrogen-bond donors (Lipinski definition) is 3. The van der Waals surface area contributed by atoms with Gasteiger partial charge < -0.3 is 29.0 Å². The molecule has 17 heteroatoms. The van der Waals surface area contributed by atoms with Crippen LogP contribution in [0.1, 0.15) is 34.2 Å². The molecule has 0 aliphatic carbocycles. The molecular formula is C28H37N13O4. The standard InChI is InChI=1S/C8H10N4.C7H8N4O.C7H10N2O2.C6H9N3O/c1-5-7-8(11-6(2)10-5)12(3)4-9-7;1-4-9-6-5(7(12)10-4)8-3-11(6)2;1-4-5(2)9(3)7(11)8-6(4)10;1-4-3-9(2)6(10)8-5(4)7/h4H,1-3H3;3H,1-2H3,(H,9,10,12);1-3H3,(H,8,10,11);3H,1-2H3,(H2,7,8,10). The number of aryl methyl sites for hydroxylation is 7. The van der Waals surface area contributed by atoms with E-state index in [9.17, 15) is 19.2 Å². The van der Waals surface area contributed by atoms with Crippen LogP contribution in [0.2, 0.25) is 0 Å². The Kier molecular flexibility index (Phi) is 10.3. The number of H-pyrrole nitrogens is 2. The molecule has 6 aromatic heterocycles. The summed E-state index contributed by atoms with van der Waals surface area (Å²) in [6, 6.07) is 0. The van der Waals surface area contributed by atoms with E-state index in [-0.39, 0.29) is 22.5 Å². The van der Waals surface area contributed by atoms with Crippen LogP contribution >= 0.6 is 0 Å². The molecule has 0 saturated carbocycles. The summed E-state index contributed by atoms with van der Waals surface area (Å²) < 4.78 is 6.43. The van der Waals surface area contributed by atoms with Crippen LogP contribution < -0.4 is 28.2 Å². The van der Waals surface area contributed by atoms with Crippen LogP contribution in [-0.4, -0.2) is 58.1 Å². The van der Waals surface area contributed by atoms with Crippen molar-refractivity contribution in [1.82, 2.24) is 58.1 Å². The van der Waals surface area contributed by atoms with E-state index in [0.717, 1.165) is 28.2 Å². The third-order valence-corrected chi connectivity index (χ3v) is 6.76. The van der Waals surface area contributed by atoms with Crippen LogP contribution in [0.15, 0.2) is 38.0 Å². The quantitative estimate of drug-likeness (QED) is 0.210. The summed E-state index contributed by atoms with van der Waals surface area (Å²) in [6.07, 6.45) is 4.99. The second-order valence-corrected chi connectivity index (χ2v) is 10.3. The second kappa shape index (κ2) is 13.7. The van der Waals surface area contributed by atoms with Gasteiger partial charge in [0.05, 0.1) is 18.3 Å². The van der Waals surface area contributed by atoms with E-state index in [1.54, 1.807) is 65.3 Å². The topological polar surface area (TPSA) is 223 Å². The highest BCUT2D eigenvalue weighted by molar-refractivity contribution is 5.72. The average Bonchev–Trinajstić information content (AvgIpc) is 3.53. The molecule has 6 heterocycles. The number of nitrogens with one attached hydrogen (secondary N) is 2. The summed E-state index contributed by atoms with van der Waals surface area (Å²) in [6.45, 7) is 10.8. The Labute approximate surface area is 256 Å². The Morgan fingerprint density at radius 1 is 0.689 bits per heavy atom. The largest absolute Gasteiger partial charge is 0.383 e. The van der Waals surface area contributed by atoms with Crippen LogP contribution in [0.4, 0.5) is 5.82 Å². The lowest BCUT2D eigenvalue weighted by Gasteiger charge is -2.03. The number of nitrogen functional groups attached to an aromatic ring is 1. The summed E-state index contributed by atoms with van der Waals surface area (Å²) in [7, 11) is 7.00. The van der Waals surface area contributed by atoms with Gasteiger partial charge in [-0.3, -0.25) is 14.6 Å². The van der Waals surface area contributed by atoms with Gasteiger partial charge >= 0.3 is 11.4 Å². The van der Waals surface area contributed by atoms with Gasteiger partial charge in [-0.05, 0) is 41.5 Å². The van der Waals surface area contributed by atoms with E-state index in [1.165, 1.54) is 9.13 Å². The number of imidazole rings is 2. The molecule has 0 aromatic carbocycles. The molecule has 0 aliphatic rings. The number of aromatic nitrogens is 12. The molecule has 0 spiro atoms. The minimum Gasteiger partial charge on any atom is -0.383 e. The molecule has 0 amide bonds. The molecule has 238 valence electrons. The van der Waals surface area contributed by atoms with Gasteiger partial charge in [0.1, 0.15) is 23.0 Å². The Balaban J connectivity index is 0.000000164. The van der Waals surface area contributed by atoms with Crippen LogP contribution in [0, 0.1) is 41.5 Å². The smallest absolute Gasteiger partial charge is 0.349 e. The first kappa shape index (κ1) is 33.8. The Hall–Kier alpha value is -5.74. The van der Waals surface area contributed by atoms with Crippen LogP contribution in [-0.2, 0) is 28.2 Å². The van der Waals surface area contributed by atoms with Crippen molar-refractivity contribution < 1.29 is 0 Å². The molecule has 17 nitrogen and oxygen atoms in total. The predicted molar refractivity (Wildman–Crippen MR) is 170 cm³/mol. The zero-order valence-corrected chi connectivity index (χ0v) is 26.9. The van der Waals surface area contributed by atoms with Crippen LogP contribution in [0.3, 0.4) is 0 Å². The van der Waals surface area contributed by atoms with Crippen molar-refractivity contribution in [1.29, 1.82) is 0 Å². The van der Waals surface area contributed by atoms with E-state index < -0.39 is 0 Å². The minimum absolute atomic E-state index is 0.182. The maximum absolute atomic E-state index is 11.2. The first-order valence-corrected chi connectivity index (χ1v) is 13.6.